The van der Waals surface area contributed by atoms with E-state index in [9.17, 15) is 0 Å². The monoisotopic (exact) mass is 273 g/mol. The van der Waals surface area contributed by atoms with Gasteiger partial charge in [-0.3, -0.25) is 4.99 Å². The molecular weight excluding hydrogens is 250 g/mol. The summed E-state index contributed by atoms with van der Waals surface area (Å²) in [5, 5.41) is 0. The third-order valence-corrected chi connectivity index (χ3v) is 3.59. The van der Waals surface area contributed by atoms with Gasteiger partial charge in [0, 0.05) is 12.8 Å². The molecule has 0 atom stereocenters. The van der Waals surface area contributed by atoms with Gasteiger partial charge in [0.05, 0.1) is 14.2 Å². The molecule has 1 aliphatic rings. The predicted octanol–water partition coefficient (Wildman–Crippen LogP) is 4.01. The number of hydrogen-bond donors (Lipinski definition) is 0. The summed E-state index contributed by atoms with van der Waals surface area (Å²) in [6.07, 6.45) is 10.6. The lowest BCUT2D eigenvalue weighted by Gasteiger charge is -2.10. The van der Waals surface area contributed by atoms with Crippen molar-refractivity contribution in [3.05, 3.63) is 35.4 Å². The summed E-state index contributed by atoms with van der Waals surface area (Å²) in [4.78, 5) is 4.50. The Labute approximate surface area is 121 Å². The molecule has 0 saturated heterocycles. The number of methoxy groups -OCH3 is 2. The number of aliphatic imine (C=N–C) groups is 1. The van der Waals surface area contributed by atoms with Crippen molar-refractivity contribution in [3.8, 4) is 11.5 Å². The molecule has 0 fully saturated rings. The number of rotatable bonds is 6. The smallest absolute Gasteiger partial charge is 0.161 e. The molecule has 0 heterocycles. The molecule has 0 bridgehead atoms. The number of hydrogen-bond acceptors (Lipinski definition) is 3. The van der Waals surface area contributed by atoms with E-state index in [-0.39, 0.29) is 0 Å². The molecule has 3 heteroatoms. The van der Waals surface area contributed by atoms with Gasteiger partial charge in [-0.2, -0.15) is 0 Å². The van der Waals surface area contributed by atoms with Crippen LogP contribution in [0.4, 0.5) is 0 Å². The maximum Gasteiger partial charge on any atom is 0.161 e. The average Bonchev–Trinajstić information content (AvgIpc) is 2.52. The van der Waals surface area contributed by atoms with Crippen LogP contribution in [-0.4, -0.2) is 27.0 Å². The second-order valence-electron chi connectivity index (χ2n) is 5.01. The van der Waals surface area contributed by atoms with E-state index in [1.807, 2.05) is 24.4 Å². The largest absolute Gasteiger partial charge is 0.493 e. The molecule has 1 aromatic rings. The molecule has 0 N–H and O–H groups in total. The number of benzene rings is 1. The zero-order valence-electron chi connectivity index (χ0n) is 12.4. The lowest BCUT2D eigenvalue weighted by atomic mass is 9.97. The van der Waals surface area contributed by atoms with Gasteiger partial charge in [-0.15, -0.1) is 0 Å². The molecule has 0 aliphatic heterocycles. The van der Waals surface area contributed by atoms with Crippen molar-refractivity contribution in [1.29, 1.82) is 0 Å². The predicted molar refractivity (Wildman–Crippen MR) is 83.2 cm³/mol. The van der Waals surface area contributed by atoms with Gasteiger partial charge in [-0.1, -0.05) is 11.6 Å². The van der Waals surface area contributed by atoms with Crippen LogP contribution in [0.3, 0.4) is 0 Å². The minimum Gasteiger partial charge on any atom is -0.493 e. The lowest BCUT2D eigenvalue weighted by molar-refractivity contribution is 0.355. The normalized spacial score (nSPS) is 15.2. The molecule has 0 aromatic heterocycles. The van der Waals surface area contributed by atoms with Crippen molar-refractivity contribution in [2.75, 3.05) is 20.8 Å². The van der Waals surface area contributed by atoms with Gasteiger partial charge >= 0.3 is 0 Å². The minimum absolute atomic E-state index is 0.742. The third-order valence-electron chi connectivity index (χ3n) is 3.59. The van der Waals surface area contributed by atoms with E-state index >= 15 is 0 Å². The van der Waals surface area contributed by atoms with Crippen LogP contribution >= 0.6 is 0 Å². The Morgan fingerprint density at radius 3 is 2.70 bits per heavy atom. The van der Waals surface area contributed by atoms with Crippen LogP contribution in [0, 0.1) is 0 Å². The van der Waals surface area contributed by atoms with Crippen LogP contribution in [0.25, 0.3) is 0 Å². The van der Waals surface area contributed by atoms with E-state index in [1.165, 1.54) is 25.7 Å². The van der Waals surface area contributed by atoms with Gasteiger partial charge in [0.1, 0.15) is 0 Å². The first-order valence-electron chi connectivity index (χ1n) is 7.23. The van der Waals surface area contributed by atoms with Crippen molar-refractivity contribution >= 4 is 6.21 Å². The maximum atomic E-state index is 5.28. The Hall–Kier alpha value is -1.77. The molecule has 20 heavy (non-hydrogen) atoms. The van der Waals surface area contributed by atoms with E-state index in [4.69, 9.17) is 9.47 Å². The van der Waals surface area contributed by atoms with E-state index in [0.29, 0.717) is 0 Å². The Morgan fingerprint density at radius 1 is 1.15 bits per heavy atom. The van der Waals surface area contributed by atoms with Crippen LogP contribution in [0.1, 0.15) is 37.7 Å². The van der Waals surface area contributed by atoms with Crippen molar-refractivity contribution in [2.24, 2.45) is 4.99 Å². The van der Waals surface area contributed by atoms with Crippen LogP contribution in [0.2, 0.25) is 0 Å². The highest BCUT2D eigenvalue weighted by atomic mass is 16.5. The first-order valence-corrected chi connectivity index (χ1v) is 7.23. The van der Waals surface area contributed by atoms with Gasteiger partial charge in [-0.25, -0.2) is 0 Å². The van der Waals surface area contributed by atoms with E-state index < -0.39 is 0 Å². The second kappa shape index (κ2) is 7.73. The molecule has 0 radical (unpaired) electrons. The quantitative estimate of drug-likeness (QED) is 0.579. The van der Waals surface area contributed by atoms with Gasteiger partial charge in [-0.05, 0) is 55.9 Å². The minimum atomic E-state index is 0.742. The van der Waals surface area contributed by atoms with E-state index in [2.05, 4.69) is 11.1 Å². The fraction of sp³-hybridized carbons (Fsp3) is 0.471. The summed E-state index contributed by atoms with van der Waals surface area (Å²) < 4.78 is 10.5. The van der Waals surface area contributed by atoms with Crippen LogP contribution in [-0.2, 0) is 0 Å². The molecule has 2 rings (SSSR count). The highest BCUT2D eigenvalue weighted by molar-refractivity contribution is 5.80. The Bertz CT molecular complexity index is 492. The number of nitrogens with zero attached hydrogens (tertiary/aromatic N) is 1. The summed E-state index contributed by atoms with van der Waals surface area (Å²) >= 11 is 0. The van der Waals surface area contributed by atoms with Crippen molar-refractivity contribution in [1.82, 2.24) is 0 Å². The first-order chi connectivity index (χ1) is 9.83. The van der Waals surface area contributed by atoms with Crippen molar-refractivity contribution in [2.45, 2.75) is 32.1 Å². The molecule has 0 unspecified atom stereocenters. The standard InChI is InChI=1S/C17H23NO2/c1-19-16-9-8-15(12-17(16)20-2)13-18-11-10-14-6-4-3-5-7-14/h6,8-9,12-13H,3-5,7,10-11H2,1-2H3. The molecule has 1 aromatic carbocycles. The highest BCUT2D eigenvalue weighted by Crippen LogP contribution is 2.27. The summed E-state index contributed by atoms with van der Waals surface area (Å²) in [6, 6.07) is 5.84. The number of ether oxygens (including phenoxy) is 2. The molecule has 0 spiro atoms. The Kier molecular flexibility index (Phi) is 5.66. The topological polar surface area (TPSA) is 30.8 Å². The highest BCUT2D eigenvalue weighted by Gasteiger charge is 2.04. The molecular formula is C17H23NO2. The van der Waals surface area contributed by atoms with Crippen LogP contribution in [0.15, 0.2) is 34.8 Å². The molecule has 0 amide bonds. The third kappa shape index (κ3) is 4.12. The molecule has 0 saturated carbocycles. The molecule has 3 nitrogen and oxygen atoms in total. The summed E-state index contributed by atoms with van der Waals surface area (Å²) in [7, 11) is 3.29. The average molecular weight is 273 g/mol. The summed E-state index contributed by atoms with van der Waals surface area (Å²) in [5.41, 5.74) is 2.61. The second-order valence-corrected chi connectivity index (χ2v) is 5.01. The summed E-state index contributed by atoms with van der Waals surface area (Å²) in [6.45, 7) is 0.861. The molecule has 1 aliphatic carbocycles. The fourth-order valence-corrected chi connectivity index (χ4v) is 2.44. The number of allylic oxidation sites excluding steroid dienone is 1. The Balaban J connectivity index is 1.89. The zero-order valence-corrected chi connectivity index (χ0v) is 12.4. The van der Waals surface area contributed by atoms with E-state index in [1.54, 1.807) is 19.8 Å². The van der Waals surface area contributed by atoms with Gasteiger partial charge in [0.15, 0.2) is 11.5 Å². The maximum absolute atomic E-state index is 5.28. The Morgan fingerprint density at radius 2 is 2.00 bits per heavy atom. The van der Waals surface area contributed by atoms with Crippen molar-refractivity contribution in [3.63, 3.8) is 0 Å². The van der Waals surface area contributed by atoms with Gasteiger partial charge in [0.2, 0.25) is 0 Å². The van der Waals surface area contributed by atoms with Crippen molar-refractivity contribution < 1.29 is 9.47 Å². The van der Waals surface area contributed by atoms with Crippen LogP contribution in [0.5, 0.6) is 11.5 Å². The van der Waals surface area contributed by atoms with Gasteiger partial charge < -0.3 is 9.47 Å². The first kappa shape index (κ1) is 14.6. The van der Waals surface area contributed by atoms with E-state index in [0.717, 1.165) is 30.0 Å². The molecule has 108 valence electrons. The van der Waals surface area contributed by atoms with Gasteiger partial charge in [0.25, 0.3) is 0 Å². The van der Waals surface area contributed by atoms with Crippen LogP contribution < -0.4 is 9.47 Å². The zero-order chi connectivity index (χ0) is 14.2. The fourth-order valence-electron chi connectivity index (χ4n) is 2.44. The summed E-state index contributed by atoms with van der Waals surface area (Å²) in [5.74, 6) is 1.49. The lowest BCUT2D eigenvalue weighted by Crippen LogP contribution is -1.95. The SMILES string of the molecule is COc1ccc(C=NCCC2=CCCCC2)cc1OC.